The molecule has 31 heavy (non-hydrogen) atoms. The molecule has 1 amide bonds. The zero-order chi connectivity index (χ0) is 22.2. The maximum absolute atomic E-state index is 13.3. The summed E-state index contributed by atoms with van der Waals surface area (Å²) in [6.45, 7) is 4.57. The Kier molecular flexibility index (Phi) is 6.05. The number of sulfonamides is 1. The van der Waals surface area contributed by atoms with Gasteiger partial charge in [-0.1, -0.05) is 23.7 Å². The summed E-state index contributed by atoms with van der Waals surface area (Å²) in [6, 6.07) is 11.8. The van der Waals surface area contributed by atoms with E-state index >= 15 is 0 Å². The molecule has 9 heteroatoms. The van der Waals surface area contributed by atoms with Crippen LogP contribution in [-0.4, -0.2) is 48.3 Å². The summed E-state index contributed by atoms with van der Waals surface area (Å²) < 4.78 is 27.6. The molecule has 0 saturated carbocycles. The van der Waals surface area contributed by atoms with Crippen LogP contribution in [0.15, 0.2) is 47.4 Å². The van der Waals surface area contributed by atoms with Gasteiger partial charge in [-0.15, -0.1) is 0 Å². The van der Waals surface area contributed by atoms with Gasteiger partial charge in [0.2, 0.25) is 10.0 Å². The van der Waals surface area contributed by atoms with Gasteiger partial charge >= 0.3 is 0 Å². The second kappa shape index (κ2) is 8.61. The number of likely N-dealkylation sites (tertiary alicyclic amines) is 1. The van der Waals surface area contributed by atoms with E-state index in [0.29, 0.717) is 13.1 Å². The lowest BCUT2D eigenvalue weighted by Crippen LogP contribution is -2.39. The number of hydrogen-bond acceptors (Lipinski definition) is 4. The van der Waals surface area contributed by atoms with Gasteiger partial charge in [-0.05, 0) is 57.0 Å². The molecule has 1 aromatic heterocycles. The smallest absolute Gasteiger partial charge is 0.255 e. The summed E-state index contributed by atoms with van der Waals surface area (Å²) in [5.41, 5.74) is 2.07. The molecule has 3 aromatic rings. The summed E-state index contributed by atoms with van der Waals surface area (Å²) in [6.07, 6.45) is 1.75. The molecule has 1 atom stereocenters. The summed E-state index contributed by atoms with van der Waals surface area (Å²) in [4.78, 5) is 23.1. The molecule has 2 heterocycles. The number of nitrogens with zero attached hydrogens (tertiary/aromatic N) is 2. The number of hydrogen-bond donors (Lipinski definition) is 2. The van der Waals surface area contributed by atoms with E-state index in [9.17, 15) is 13.2 Å². The number of rotatable bonds is 5. The van der Waals surface area contributed by atoms with Gasteiger partial charge in [0.05, 0.1) is 26.5 Å². The highest BCUT2D eigenvalue weighted by Crippen LogP contribution is 2.29. The quantitative estimate of drug-likeness (QED) is 0.603. The van der Waals surface area contributed by atoms with Crippen LogP contribution in [0.25, 0.3) is 11.0 Å². The normalized spacial score (nSPS) is 17.4. The maximum atomic E-state index is 13.3. The molecular weight excluding hydrogens is 436 g/mol. The number of halogens is 1. The third-order valence-corrected chi connectivity index (χ3v) is 7.36. The van der Waals surface area contributed by atoms with E-state index < -0.39 is 10.0 Å². The highest BCUT2D eigenvalue weighted by atomic mass is 35.5. The molecule has 4 rings (SSSR count). The van der Waals surface area contributed by atoms with Gasteiger partial charge in [0.15, 0.2) is 0 Å². The molecule has 164 valence electrons. The Balaban J connectivity index is 1.58. The fourth-order valence-electron chi connectivity index (χ4n) is 3.93. The highest BCUT2D eigenvalue weighted by molar-refractivity contribution is 7.89. The molecule has 1 aliphatic rings. The molecule has 2 N–H and O–H groups in total. The van der Waals surface area contributed by atoms with Crippen LogP contribution in [-0.2, 0) is 10.0 Å². The first-order valence-corrected chi connectivity index (χ1v) is 12.2. The summed E-state index contributed by atoms with van der Waals surface area (Å²) >= 11 is 6.29. The first kappa shape index (κ1) is 21.8. The maximum Gasteiger partial charge on any atom is 0.255 e. The van der Waals surface area contributed by atoms with Gasteiger partial charge in [0.25, 0.3) is 5.91 Å². The zero-order valence-electron chi connectivity index (χ0n) is 17.4. The Morgan fingerprint density at radius 2 is 2.03 bits per heavy atom. The monoisotopic (exact) mass is 460 g/mol. The van der Waals surface area contributed by atoms with Gasteiger partial charge < -0.3 is 9.88 Å². The standard InChI is InChI=1S/C22H25ClN4O3S/c1-14(2)26-31(29,30)16-9-10-18(23)17(12-16)22(28)27-11-5-6-15(13-27)21-24-19-7-3-4-8-20(19)25-21/h3-4,7-10,12,14-15,26H,5-6,11,13H2,1-2H3,(H,24,25). The van der Waals surface area contributed by atoms with Crippen LogP contribution in [0.3, 0.4) is 0 Å². The lowest BCUT2D eigenvalue weighted by molar-refractivity contribution is 0.0705. The van der Waals surface area contributed by atoms with Crippen molar-refractivity contribution in [2.75, 3.05) is 13.1 Å². The molecule has 2 aromatic carbocycles. The zero-order valence-corrected chi connectivity index (χ0v) is 19.0. The first-order valence-electron chi connectivity index (χ1n) is 10.3. The van der Waals surface area contributed by atoms with Crippen LogP contribution in [0.2, 0.25) is 5.02 Å². The summed E-state index contributed by atoms with van der Waals surface area (Å²) in [7, 11) is -3.73. The van der Waals surface area contributed by atoms with E-state index in [-0.39, 0.29) is 33.3 Å². The minimum Gasteiger partial charge on any atom is -0.342 e. The largest absolute Gasteiger partial charge is 0.342 e. The van der Waals surface area contributed by atoms with E-state index in [2.05, 4.69) is 14.7 Å². The van der Waals surface area contributed by atoms with Crippen molar-refractivity contribution in [2.45, 2.75) is 43.5 Å². The van der Waals surface area contributed by atoms with Gasteiger partial charge in [-0.3, -0.25) is 4.79 Å². The molecule has 0 aliphatic carbocycles. The molecule has 7 nitrogen and oxygen atoms in total. The number of piperidine rings is 1. The van der Waals surface area contributed by atoms with Crippen molar-refractivity contribution >= 4 is 38.6 Å². The van der Waals surface area contributed by atoms with Crippen LogP contribution in [0.1, 0.15) is 48.8 Å². The molecule has 0 bridgehead atoms. The van der Waals surface area contributed by atoms with E-state index in [1.54, 1.807) is 18.7 Å². The average Bonchev–Trinajstić information content (AvgIpc) is 3.17. The van der Waals surface area contributed by atoms with Crippen molar-refractivity contribution in [1.82, 2.24) is 19.6 Å². The molecule has 0 spiro atoms. The third-order valence-electron chi connectivity index (χ3n) is 5.37. The molecule has 1 fully saturated rings. The van der Waals surface area contributed by atoms with Crippen molar-refractivity contribution in [1.29, 1.82) is 0 Å². The molecule has 0 radical (unpaired) electrons. The number of para-hydroxylation sites is 2. The summed E-state index contributed by atoms with van der Waals surface area (Å²) in [5, 5.41) is 0.236. The van der Waals surface area contributed by atoms with E-state index in [4.69, 9.17) is 11.6 Å². The molecule has 1 aliphatic heterocycles. The van der Waals surface area contributed by atoms with Crippen LogP contribution in [0.4, 0.5) is 0 Å². The number of fused-ring (bicyclic) bond motifs is 1. The Labute approximate surface area is 186 Å². The fourth-order valence-corrected chi connectivity index (χ4v) is 5.41. The number of aromatic amines is 1. The Hall–Kier alpha value is -2.42. The van der Waals surface area contributed by atoms with Crippen molar-refractivity contribution in [3.63, 3.8) is 0 Å². The van der Waals surface area contributed by atoms with E-state index in [0.717, 1.165) is 29.7 Å². The Bertz CT molecular complexity index is 1190. The highest BCUT2D eigenvalue weighted by Gasteiger charge is 2.29. The molecule has 1 saturated heterocycles. The van der Waals surface area contributed by atoms with Crippen LogP contribution in [0.5, 0.6) is 0 Å². The summed E-state index contributed by atoms with van der Waals surface area (Å²) in [5.74, 6) is 0.674. The number of imidazole rings is 1. The number of benzene rings is 2. The predicted octanol–water partition coefficient (Wildman–Crippen LogP) is 3.92. The van der Waals surface area contributed by atoms with Crippen molar-refractivity contribution in [3.8, 4) is 0 Å². The van der Waals surface area contributed by atoms with Crippen molar-refractivity contribution in [3.05, 3.63) is 58.9 Å². The van der Waals surface area contributed by atoms with Crippen LogP contribution < -0.4 is 4.72 Å². The number of aromatic nitrogens is 2. The topological polar surface area (TPSA) is 95.2 Å². The van der Waals surface area contributed by atoms with E-state index in [1.165, 1.54) is 18.2 Å². The van der Waals surface area contributed by atoms with Crippen molar-refractivity contribution in [2.24, 2.45) is 0 Å². The third kappa shape index (κ3) is 4.61. The second-order valence-corrected chi connectivity index (χ2v) is 10.3. The lowest BCUT2D eigenvalue weighted by Gasteiger charge is -2.32. The SMILES string of the molecule is CC(C)NS(=O)(=O)c1ccc(Cl)c(C(=O)N2CCCC(c3nc4ccccc4[nH]3)C2)c1. The fraction of sp³-hybridized carbons (Fsp3) is 0.364. The number of amides is 1. The van der Waals surface area contributed by atoms with Gasteiger partial charge in [-0.25, -0.2) is 18.1 Å². The number of carbonyl (C=O) groups is 1. The molecular formula is C22H25ClN4O3S. The molecule has 1 unspecified atom stereocenters. The van der Waals surface area contributed by atoms with Gasteiger partial charge in [-0.2, -0.15) is 0 Å². The Morgan fingerprint density at radius 1 is 1.26 bits per heavy atom. The predicted molar refractivity (Wildman–Crippen MR) is 121 cm³/mol. The number of carbonyl (C=O) groups excluding carboxylic acids is 1. The lowest BCUT2D eigenvalue weighted by atomic mass is 9.96. The number of nitrogens with one attached hydrogen (secondary N) is 2. The minimum atomic E-state index is -3.73. The van der Waals surface area contributed by atoms with Gasteiger partial charge in [0.1, 0.15) is 5.82 Å². The Morgan fingerprint density at radius 3 is 2.77 bits per heavy atom. The van der Waals surface area contributed by atoms with Crippen molar-refractivity contribution < 1.29 is 13.2 Å². The van der Waals surface area contributed by atoms with Gasteiger partial charge in [0, 0.05) is 25.0 Å². The first-order chi connectivity index (χ1) is 14.7. The van der Waals surface area contributed by atoms with E-state index in [1.807, 2.05) is 24.3 Å². The van der Waals surface area contributed by atoms with Crippen LogP contribution in [0, 0.1) is 0 Å². The van der Waals surface area contributed by atoms with Crippen LogP contribution >= 0.6 is 11.6 Å². The average molecular weight is 461 g/mol. The minimum absolute atomic E-state index is 0.0276. The number of H-pyrrole nitrogens is 1. The second-order valence-electron chi connectivity index (χ2n) is 8.15.